The van der Waals surface area contributed by atoms with Crippen LogP contribution in [0.5, 0.6) is 5.75 Å². The smallest absolute Gasteiger partial charge is 0.173 e. The number of ketones is 1. The van der Waals surface area contributed by atoms with Crippen molar-refractivity contribution in [3.63, 3.8) is 0 Å². The first-order chi connectivity index (χ1) is 13.3. The third-order valence-corrected chi connectivity index (χ3v) is 5.57. The minimum Gasteiger partial charge on any atom is -0.494 e. The number of Topliss-reactive ketones (excluding diaryl/α,β-unsaturated/α-hetero) is 1. The zero-order chi connectivity index (χ0) is 19.6. The van der Waals surface area contributed by atoms with E-state index in [1.54, 1.807) is 0 Å². The molecule has 0 radical (unpaired) electrons. The molecule has 0 saturated carbocycles. The lowest BCUT2D eigenvalue weighted by atomic mass is 10.0. The quantitative estimate of drug-likeness (QED) is 0.131. The van der Waals surface area contributed by atoms with Gasteiger partial charge in [0, 0.05) is 5.56 Å². The first kappa shape index (κ1) is 24.2. The minimum atomic E-state index is 0.105. The number of carbonyl (C=O) groups is 1. The van der Waals surface area contributed by atoms with Crippen molar-refractivity contribution >= 4 is 21.7 Å². The van der Waals surface area contributed by atoms with Gasteiger partial charge < -0.3 is 4.74 Å². The second-order valence-corrected chi connectivity index (χ2v) is 8.09. The number of hydrogen-bond donors (Lipinski definition) is 0. The Morgan fingerprint density at radius 1 is 0.741 bits per heavy atom. The van der Waals surface area contributed by atoms with Crippen LogP contribution in [0, 0.1) is 0 Å². The summed E-state index contributed by atoms with van der Waals surface area (Å²) in [6.07, 6.45) is 19.2. The molecule has 1 rings (SSSR count). The Bertz CT molecular complexity index is 470. The third kappa shape index (κ3) is 13.1. The molecule has 27 heavy (non-hydrogen) atoms. The van der Waals surface area contributed by atoms with E-state index in [1.165, 1.54) is 83.5 Å². The van der Waals surface area contributed by atoms with Gasteiger partial charge in [0.25, 0.3) is 0 Å². The van der Waals surface area contributed by atoms with Crippen LogP contribution in [0.2, 0.25) is 0 Å². The molecule has 0 fully saturated rings. The SMILES string of the molecule is CCCCCCCCCCCCCCCCOc1ccc(C(=O)CBr)cc1. The van der Waals surface area contributed by atoms with E-state index >= 15 is 0 Å². The van der Waals surface area contributed by atoms with E-state index in [9.17, 15) is 4.79 Å². The number of rotatable bonds is 18. The van der Waals surface area contributed by atoms with E-state index in [1.807, 2.05) is 24.3 Å². The third-order valence-electron chi connectivity index (χ3n) is 5.06. The molecule has 0 aliphatic rings. The maximum Gasteiger partial charge on any atom is 0.173 e. The number of hydrogen-bond acceptors (Lipinski definition) is 2. The van der Waals surface area contributed by atoms with Crippen LogP contribution in [-0.2, 0) is 0 Å². The second-order valence-electron chi connectivity index (χ2n) is 7.53. The number of unbranched alkanes of at least 4 members (excludes halogenated alkanes) is 13. The van der Waals surface area contributed by atoms with Crippen molar-refractivity contribution in [1.82, 2.24) is 0 Å². The summed E-state index contributed by atoms with van der Waals surface area (Å²) < 4.78 is 5.76. The number of benzene rings is 1. The van der Waals surface area contributed by atoms with Crippen molar-refractivity contribution in [1.29, 1.82) is 0 Å². The number of halogens is 1. The summed E-state index contributed by atoms with van der Waals surface area (Å²) in [5.74, 6) is 0.962. The summed E-state index contributed by atoms with van der Waals surface area (Å²) in [6, 6.07) is 7.45. The molecule has 0 aromatic heterocycles. The molecule has 1 aromatic carbocycles. The molecule has 0 unspecified atom stereocenters. The molecule has 0 heterocycles. The van der Waals surface area contributed by atoms with Crippen LogP contribution in [0.25, 0.3) is 0 Å². The molecule has 0 N–H and O–H groups in total. The van der Waals surface area contributed by atoms with Crippen molar-refractivity contribution in [3.05, 3.63) is 29.8 Å². The Hall–Kier alpha value is -0.830. The molecule has 0 aliphatic heterocycles. The van der Waals surface area contributed by atoms with Gasteiger partial charge in [-0.3, -0.25) is 4.79 Å². The van der Waals surface area contributed by atoms with Crippen LogP contribution in [0.1, 0.15) is 107 Å². The summed E-state index contributed by atoms with van der Waals surface area (Å²) in [6.45, 7) is 3.05. The van der Waals surface area contributed by atoms with Crippen LogP contribution in [-0.4, -0.2) is 17.7 Å². The number of alkyl halides is 1. The summed E-state index contributed by atoms with van der Waals surface area (Å²) in [5.41, 5.74) is 0.732. The average Bonchev–Trinajstić information content (AvgIpc) is 2.70. The summed E-state index contributed by atoms with van der Waals surface area (Å²) in [5, 5.41) is 0.367. The lowest BCUT2D eigenvalue weighted by Gasteiger charge is -2.07. The molecule has 0 bridgehead atoms. The molecule has 0 atom stereocenters. The van der Waals surface area contributed by atoms with Gasteiger partial charge >= 0.3 is 0 Å². The summed E-state index contributed by atoms with van der Waals surface area (Å²) in [7, 11) is 0. The highest BCUT2D eigenvalue weighted by Gasteiger charge is 2.03. The van der Waals surface area contributed by atoms with Crippen molar-refractivity contribution in [2.75, 3.05) is 11.9 Å². The molecule has 3 heteroatoms. The van der Waals surface area contributed by atoms with Gasteiger partial charge in [0.1, 0.15) is 5.75 Å². The first-order valence-electron chi connectivity index (χ1n) is 11.1. The first-order valence-corrected chi connectivity index (χ1v) is 12.2. The molecular weight excluding hydrogens is 400 g/mol. The molecule has 0 aliphatic carbocycles. The van der Waals surface area contributed by atoms with Crippen LogP contribution in [0.15, 0.2) is 24.3 Å². The Labute approximate surface area is 175 Å². The highest BCUT2D eigenvalue weighted by molar-refractivity contribution is 9.09. The zero-order valence-corrected chi connectivity index (χ0v) is 18.9. The van der Waals surface area contributed by atoms with Gasteiger partial charge in [-0.2, -0.15) is 0 Å². The van der Waals surface area contributed by atoms with Crippen molar-refractivity contribution in [3.8, 4) is 5.75 Å². The standard InChI is InChI=1S/C24H39BrO2/c1-2-3-4-5-6-7-8-9-10-11-12-13-14-15-20-27-23-18-16-22(17-19-23)24(26)21-25/h16-19H,2-15,20-21H2,1H3. The minimum absolute atomic E-state index is 0.105. The van der Waals surface area contributed by atoms with E-state index < -0.39 is 0 Å². The van der Waals surface area contributed by atoms with Crippen LogP contribution < -0.4 is 4.74 Å². The Morgan fingerprint density at radius 2 is 1.19 bits per heavy atom. The van der Waals surface area contributed by atoms with Gasteiger partial charge in [-0.25, -0.2) is 0 Å². The van der Waals surface area contributed by atoms with E-state index in [2.05, 4.69) is 22.9 Å². The summed E-state index contributed by atoms with van der Waals surface area (Å²) >= 11 is 3.19. The fourth-order valence-electron chi connectivity index (χ4n) is 3.30. The lowest BCUT2D eigenvalue weighted by Crippen LogP contribution is -2.01. The Balaban J connectivity index is 1.86. The maximum atomic E-state index is 11.5. The van der Waals surface area contributed by atoms with E-state index in [4.69, 9.17) is 4.74 Å². The van der Waals surface area contributed by atoms with Gasteiger partial charge in [-0.05, 0) is 30.7 Å². The number of carbonyl (C=O) groups excluding carboxylic acids is 1. The topological polar surface area (TPSA) is 26.3 Å². The molecule has 2 nitrogen and oxygen atoms in total. The van der Waals surface area contributed by atoms with Gasteiger partial charge in [-0.15, -0.1) is 0 Å². The maximum absolute atomic E-state index is 11.5. The summed E-state index contributed by atoms with van der Waals surface area (Å²) in [4.78, 5) is 11.5. The van der Waals surface area contributed by atoms with Crippen molar-refractivity contribution in [2.45, 2.75) is 96.8 Å². The second kappa shape index (κ2) is 17.3. The monoisotopic (exact) mass is 438 g/mol. The molecule has 0 spiro atoms. The highest BCUT2D eigenvalue weighted by Crippen LogP contribution is 2.15. The largest absolute Gasteiger partial charge is 0.494 e. The Kier molecular flexibility index (Phi) is 15.5. The normalized spacial score (nSPS) is 10.9. The van der Waals surface area contributed by atoms with Crippen LogP contribution in [0.3, 0.4) is 0 Å². The molecule has 154 valence electrons. The average molecular weight is 439 g/mol. The van der Waals surface area contributed by atoms with E-state index in [-0.39, 0.29) is 5.78 Å². The van der Waals surface area contributed by atoms with Gasteiger partial charge in [0.05, 0.1) is 11.9 Å². The fourth-order valence-corrected chi connectivity index (χ4v) is 3.62. The molecule has 1 aromatic rings. The Morgan fingerprint density at radius 3 is 1.63 bits per heavy atom. The van der Waals surface area contributed by atoms with Crippen LogP contribution in [0.4, 0.5) is 0 Å². The molecular formula is C24H39BrO2. The molecule has 0 amide bonds. The number of ether oxygens (including phenoxy) is 1. The van der Waals surface area contributed by atoms with Gasteiger partial charge in [0.15, 0.2) is 5.78 Å². The van der Waals surface area contributed by atoms with Crippen molar-refractivity contribution in [2.24, 2.45) is 0 Å². The van der Waals surface area contributed by atoms with Gasteiger partial charge in [0.2, 0.25) is 0 Å². The van der Waals surface area contributed by atoms with E-state index in [0.717, 1.165) is 24.3 Å². The molecule has 0 saturated heterocycles. The zero-order valence-electron chi connectivity index (χ0n) is 17.3. The lowest BCUT2D eigenvalue weighted by molar-refractivity contribution is 0.102. The van der Waals surface area contributed by atoms with Crippen LogP contribution >= 0.6 is 15.9 Å². The van der Waals surface area contributed by atoms with E-state index in [0.29, 0.717) is 5.33 Å². The predicted molar refractivity (Wildman–Crippen MR) is 120 cm³/mol. The predicted octanol–water partition coefficient (Wildman–Crippen LogP) is 8.12. The fraction of sp³-hybridized carbons (Fsp3) is 0.708. The van der Waals surface area contributed by atoms with Gasteiger partial charge in [-0.1, -0.05) is 106 Å². The highest BCUT2D eigenvalue weighted by atomic mass is 79.9. The van der Waals surface area contributed by atoms with Crippen molar-refractivity contribution < 1.29 is 9.53 Å².